The fraction of sp³-hybridized carbons (Fsp3) is 0.556. The summed E-state index contributed by atoms with van der Waals surface area (Å²) in [5.41, 5.74) is 1.69. The minimum absolute atomic E-state index is 0.0361. The molecule has 0 amide bonds. The van der Waals surface area contributed by atoms with Gasteiger partial charge < -0.3 is 5.32 Å². The van der Waals surface area contributed by atoms with E-state index in [-0.39, 0.29) is 24.0 Å². The predicted molar refractivity (Wildman–Crippen MR) is 108 cm³/mol. The molecule has 3 atom stereocenters. The first-order chi connectivity index (χ1) is 13.1. The lowest BCUT2D eigenvalue weighted by Gasteiger charge is -2.20. The smallest absolute Gasteiger partial charge is 0.214 e. The Hall–Kier alpha value is -2.13. The van der Waals surface area contributed by atoms with Crippen LogP contribution in [-0.2, 0) is 10.0 Å². The van der Waals surface area contributed by atoms with Crippen molar-refractivity contribution < 1.29 is 8.42 Å². The molecule has 144 valence electrons. The third-order valence-corrected chi connectivity index (χ3v) is 7.08. The van der Waals surface area contributed by atoms with Crippen molar-refractivity contribution in [2.24, 2.45) is 15.0 Å². The van der Waals surface area contributed by atoms with Crippen molar-refractivity contribution in [1.82, 2.24) is 9.29 Å². The molecule has 9 heteroatoms. The summed E-state index contributed by atoms with van der Waals surface area (Å²) in [6, 6.07) is 3.95. The number of aromatic nitrogens is 1. The molecular weight excluding hydrogens is 364 g/mol. The average Bonchev–Trinajstić information content (AvgIpc) is 3.31. The highest BCUT2D eigenvalue weighted by atomic mass is 32.2. The van der Waals surface area contributed by atoms with Gasteiger partial charge in [-0.25, -0.2) is 13.4 Å². The van der Waals surface area contributed by atoms with Gasteiger partial charge in [0, 0.05) is 49.7 Å². The van der Waals surface area contributed by atoms with Crippen LogP contribution in [0.2, 0.25) is 0 Å². The predicted octanol–water partition coefficient (Wildman–Crippen LogP) is 1.35. The number of sulfonamides is 1. The molecule has 0 spiro atoms. The summed E-state index contributed by atoms with van der Waals surface area (Å²) in [7, 11) is -3.16. The van der Waals surface area contributed by atoms with Crippen LogP contribution in [0, 0.1) is 0 Å². The summed E-state index contributed by atoms with van der Waals surface area (Å²) in [6.45, 7) is 2.90. The lowest BCUT2D eigenvalue weighted by molar-refractivity contribution is 0.473. The van der Waals surface area contributed by atoms with Gasteiger partial charge in [0.2, 0.25) is 10.0 Å². The van der Waals surface area contributed by atoms with Gasteiger partial charge in [0.15, 0.2) is 6.17 Å². The Labute approximate surface area is 159 Å². The van der Waals surface area contributed by atoms with Gasteiger partial charge in [-0.1, -0.05) is 6.92 Å². The maximum Gasteiger partial charge on any atom is 0.214 e. The molecule has 0 radical (unpaired) electrons. The average molecular weight is 388 g/mol. The third kappa shape index (κ3) is 3.79. The van der Waals surface area contributed by atoms with Crippen LogP contribution in [0.1, 0.15) is 31.7 Å². The largest absolute Gasteiger partial charge is 0.365 e. The van der Waals surface area contributed by atoms with Gasteiger partial charge >= 0.3 is 0 Å². The highest BCUT2D eigenvalue weighted by molar-refractivity contribution is 7.89. The fourth-order valence-electron chi connectivity index (χ4n) is 3.66. The van der Waals surface area contributed by atoms with Crippen LogP contribution in [-0.4, -0.2) is 72.9 Å². The lowest BCUT2D eigenvalue weighted by atomic mass is 10.1. The molecular formula is C18H24N6O2S. The molecule has 1 N–H and O–H groups in total. The first-order valence-electron chi connectivity index (χ1n) is 9.39. The van der Waals surface area contributed by atoms with E-state index in [9.17, 15) is 8.42 Å². The van der Waals surface area contributed by atoms with Gasteiger partial charge in [-0.15, -0.1) is 0 Å². The molecule has 0 aromatic carbocycles. The molecule has 8 nitrogen and oxygen atoms in total. The second kappa shape index (κ2) is 7.47. The summed E-state index contributed by atoms with van der Waals surface area (Å²) < 4.78 is 26.2. The van der Waals surface area contributed by atoms with Gasteiger partial charge in [-0.2, -0.15) is 4.31 Å². The van der Waals surface area contributed by atoms with E-state index >= 15 is 0 Å². The molecule has 0 saturated carbocycles. The Kier molecular flexibility index (Phi) is 5.05. The Bertz CT molecular complexity index is 895. The summed E-state index contributed by atoms with van der Waals surface area (Å²) >= 11 is 0. The number of anilines is 1. The maximum absolute atomic E-state index is 12.3. The van der Waals surface area contributed by atoms with Crippen LogP contribution in [0.15, 0.2) is 33.3 Å². The highest BCUT2D eigenvalue weighted by Crippen LogP contribution is 2.24. The second-order valence-electron chi connectivity index (χ2n) is 7.04. The summed E-state index contributed by atoms with van der Waals surface area (Å²) in [6.07, 6.45) is 7.48. The number of fused-ring (bicyclic) bond motifs is 1. The van der Waals surface area contributed by atoms with Crippen molar-refractivity contribution >= 4 is 34.0 Å². The topological polar surface area (TPSA) is 99.4 Å². The van der Waals surface area contributed by atoms with Crippen LogP contribution in [0.3, 0.4) is 0 Å². The van der Waals surface area contributed by atoms with E-state index < -0.39 is 10.0 Å². The Morgan fingerprint density at radius 1 is 1.33 bits per heavy atom. The van der Waals surface area contributed by atoms with E-state index in [1.807, 2.05) is 25.3 Å². The quantitative estimate of drug-likeness (QED) is 0.795. The third-order valence-electron chi connectivity index (χ3n) is 5.03. The molecule has 27 heavy (non-hydrogen) atoms. The molecule has 1 saturated heterocycles. The van der Waals surface area contributed by atoms with Gasteiger partial charge in [0.1, 0.15) is 5.82 Å². The van der Waals surface area contributed by atoms with E-state index in [2.05, 4.69) is 20.3 Å². The van der Waals surface area contributed by atoms with Gasteiger partial charge in [-0.05, 0) is 25.0 Å². The van der Waals surface area contributed by atoms with Crippen LogP contribution in [0.4, 0.5) is 5.82 Å². The molecule has 0 bridgehead atoms. The van der Waals surface area contributed by atoms with Crippen molar-refractivity contribution in [2.75, 3.05) is 24.2 Å². The minimum atomic E-state index is -3.16. The number of rotatable bonds is 6. The summed E-state index contributed by atoms with van der Waals surface area (Å²) in [5, 5.41) is 3.42. The van der Waals surface area contributed by atoms with Crippen LogP contribution in [0.25, 0.3) is 0 Å². The Morgan fingerprint density at radius 2 is 2.22 bits per heavy atom. The normalized spacial score (nSPS) is 27.6. The zero-order chi connectivity index (χ0) is 18.9. The Balaban J connectivity index is 1.49. The van der Waals surface area contributed by atoms with E-state index in [0.29, 0.717) is 19.5 Å². The van der Waals surface area contributed by atoms with E-state index in [4.69, 9.17) is 4.99 Å². The van der Waals surface area contributed by atoms with Crippen LogP contribution >= 0.6 is 0 Å². The summed E-state index contributed by atoms with van der Waals surface area (Å²) in [4.78, 5) is 18.1. The van der Waals surface area contributed by atoms with Crippen molar-refractivity contribution in [3.8, 4) is 0 Å². The molecule has 1 aromatic rings. The van der Waals surface area contributed by atoms with Crippen molar-refractivity contribution in [1.29, 1.82) is 0 Å². The van der Waals surface area contributed by atoms with Gasteiger partial charge in [0.05, 0.1) is 17.5 Å². The molecule has 3 aliphatic heterocycles. The monoisotopic (exact) mass is 388 g/mol. The fourth-order valence-corrected chi connectivity index (χ4v) is 5.22. The number of nitrogens with zero attached hydrogens (tertiary/aromatic N) is 5. The van der Waals surface area contributed by atoms with E-state index in [1.165, 1.54) is 0 Å². The first kappa shape index (κ1) is 18.2. The number of pyridine rings is 1. The minimum Gasteiger partial charge on any atom is -0.365 e. The van der Waals surface area contributed by atoms with Gasteiger partial charge in [0.25, 0.3) is 0 Å². The van der Waals surface area contributed by atoms with Crippen LogP contribution in [0.5, 0.6) is 0 Å². The number of aliphatic imine (C=N–C) groups is 3. The first-order valence-corrected chi connectivity index (χ1v) is 11.0. The van der Waals surface area contributed by atoms with Crippen molar-refractivity contribution in [2.45, 2.75) is 44.4 Å². The molecule has 4 heterocycles. The number of hydrogen-bond acceptors (Lipinski definition) is 7. The zero-order valence-electron chi connectivity index (χ0n) is 15.3. The highest BCUT2D eigenvalue weighted by Gasteiger charge is 2.32. The zero-order valence-corrected chi connectivity index (χ0v) is 16.1. The van der Waals surface area contributed by atoms with Gasteiger partial charge in [-0.3, -0.25) is 15.0 Å². The molecule has 4 rings (SSSR count). The van der Waals surface area contributed by atoms with E-state index in [1.54, 1.807) is 16.7 Å². The van der Waals surface area contributed by atoms with Crippen LogP contribution < -0.4 is 5.32 Å². The maximum atomic E-state index is 12.3. The SMILES string of the molecule is CCCS(=O)(=O)N1CCC(Nc2ncccc2C2=NC3CC=NC3N=C2)C1. The number of nitrogens with one attached hydrogen (secondary N) is 1. The van der Waals surface area contributed by atoms with Crippen molar-refractivity contribution in [3.63, 3.8) is 0 Å². The molecule has 1 fully saturated rings. The Morgan fingerprint density at radius 3 is 3.07 bits per heavy atom. The molecule has 3 aliphatic rings. The number of hydrogen-bond donors (Lipinski definition) is 1. The lowest BCUT2D eigenvalue weighted by Crippen LogP contribution is -2.33. The standard InChI is InChI=1S/C18H24N6O2S/c1-2-10-27(25,26)24-9-6-13(12-24)22-17-14(4-3-7-19-17)16-11-21-18-15(23-16)5-8-20-18/h3-4,7-8,11,13,15,18H,2,5-6,9-10,12H2,1H3,(H,19,22). The molecule has 1 aromatic heterocycles. The second-order valence-corrected chi connectivity index (χ2v) is 9.13. The van der Waals surface area contributed by atoms with Crippen molar-refractivity contribution in [3.05, 3.63) is 23.9 Å². The van der Waals surface area contributed by atoms with E-state index in [0.717, 1.165) is 29.9 Å². The molecule has 0 aliphatic carbocycles. The summed E-state index contributed by atoms with van der Waals surface area (Å²) in [5.74, 6) is 0.923. The molecule has 3 unspecified atom stereocenters.